The maximum absolute atomic E-state index is 12.7. The molecule has 8 heteroatoms. The molecule has 3 rings (SSSR count). The second kappa shape index (κ2) is 7.58. The second-order valence-corrected chi connectivity index (χ2v) is 6.60. The van der Waals surface area contributed by atoms with Crippen LogP contribution < -0.4 is 15.0 Å². The molecule has 2 aromatic carbocycles. The first kappa shape index (κ1) is 18.6. The number of hydrogen-bond donors (Lipinski definition) is 1. The SMILES string of the molecule is CCOc1ccc(N2C(=O)C(Cl)=C(Nc3cc(Cl)cc(Cl)c3)C2=O)cc1. The summed E-state index contributed by atoms with van der Waals surface area (Å²) in [5.41, 5.74) is 0.803. The van der Waals surface area contributed by atoms with Gasteiger partial charge in [0.25, 0.3) is 11.8 Å². The zero-order valence-corrected chi connectivity index (χ0v) is 15.8. The number of ether oxygens (including phenoxy) is 1. The summed E-state index contributed by atoms with van der Waals surface area (Å²) in [4.78, 5) is 26.2. The first-order valence-corrected chi connectivity index (χ1v) is 8.78. The number of amides is 2. The molecule has 134 valence electrons. The van der Waals surface area contributed by atoms with Crippen LogP contribution in [-0.4, -0.2) is 18.4 Å². The molecule has 0 fully saturated rings. The van der Waals surface area contributed by atoms with Gasteiger partial charge in [-0.15, -0.1) is 0 Å². The number of halogens is 3. The highest BCUT2D eigenvalue weighted by atomic mass is 35.5. The van der Waals surface area contributed by atoms with E-state index in [-0.39, 0.29) is 10.7 Å². The average Bonchev–Trinajstić information content (AvgIpc) is 2.79. The van der Waals surface area contributed by atoms with Crippen molar-refractivity contribution in [3.05, 3.63) is 63.2 Å². The van der Waals surface area contributed by atoms with Crippen LogP contribution in [0, 0.1) is 0 Å². The Hall–Kier alpha value is -2.21. The van der Waals surface area contributed by atoms with Crippen molar-refractivity contribution in [3.8, 4) is 5.75 Å². The van der Waals surface area contributed by atoms with E-state index in [1.165, 1.54) is 0 Å². The molecule has 0 unspecified atom stereocenters. The van der Waals surface area contributed by atoms with Crippen LogP contribution in [0.2, 0.25) is 10.0 Å². The number of imide groups is 1. The van der Waals surface area contributed by atoms with Crippen molar-refractivity contribution >= 4 is 58.0 Å². The highest BCUT2D eigenvalue weighted by Crippen LogP contribution is 2.32. The molecular formula is C18H13Cl3N2O3. The Morgan fingerprint density at radius 1 is 0.962 bits per heavy atom. The van der Waals surface area contributed by atoms with Gasteiger partial charge in [-0.3, -0.25) is 9.59 Å². The predicted molar refractivity (Wildman–Crippen MR) is 103 cm³/mol. The van der Waals surface area contributed by atoms with E-state index in [1.54, 1.807) is 42.5 Å². The van der Waals surface area contributed by atoms with E-state index in [4.69, 9.17) is 39.5 Å². The fourth-order valence-corrected chi connectivity index (χ4v) is 3.21. The maximum atomic E-state index is 12.7. The van der Waals surface area contributed by atoms with Crippen LogP contribution in [0.4, 0.5) is 11.4 Å². The fraction of sp³-hybridized carbons (Fsp3) is 0.111. The molecule has 5 nitrogen and oxygen atoms in total. The van der Waals surface area contributed by atoms with Crippen LogP contribution >= 0.6 is 34.8 Å². The molecule has 1 aliphatic rings. The predicted octanol–water partition coefficient (Wildman–Crippen LogP) is 4.83. The molecule has 0 spiro atoms. The molecule has 0 saturated heterocycles. The molecule has 1 N–H and O–H groups in total. The summed E-state index contributed by atoms with van der Waals surface area (Å²) in [7, 11) is 0. The molecule has 0 aliphatic carbocycles. The van der Waals surface area contributed by atoms with Crippen LogP contribution in [0.15, 0.2) is 53.2 Å². The van der Waals surface area contributed by atoms with Crippen LogP contribution in [0.25, 0.3) is 0 Å². The molecule has 2 amide bonds. The number of benzene rings is 2. The smallest absolute Gasteiger partial charge is 0.283 e. The summed E-state index contributed by atoms with van der Waals surface area (Å²) in [5.74, 6) is -0.543. The van der Waals surface area contributed by atoms with Crippen LogP contribution in [0.1, 0.15) is 6.92 Å². The zero-order chi connectivity index (χ0) is 18.8. The van der Waals surface area contributed by atoms with Crippen molar-refractivity contribution in [3.63, 3.8) is 0 Å². The lowest BCUT2D eigenvalue weighted by molar-refractivity contribution is -0.120. The summed E-state index contributed by atoms with van der Waals surface area (Å²) >= 11 is 18.0. The third-order valence-corrected chi connectivity index (χ3v) is 4.35. The third kappa shape index (κ3) is 3.65. The monoisotopic (exact) mass is 410 g/mol. The number of hydrogen-bond acceptors (Lipinski definition) is 4. The van der Waals surface area contributed by atoms with E-state index in [9.17, 15) is 9.59 Å². The minimum atomic E-state index is -0.614. The normalized spacial score (nSPS) is 14.2. The van der Waals surface area contributed by atoms with E-state index in [0.717, 1.165) is 4.90 Å². The summed E-state index contributed by atoms with van der Waals surface area (Å²) < 4.78 is 5.36. The van der Waals surface area contributed by atoms with Crippen LogP contribution in [-0.2, 0) is 9.59 Å². The lowest BCUT2D eigenvalue weighted by Gasteiger charge is -2.15. The molecule has 2 aromatic rings. The lowest BCUT2D eigenvalue weighted by atomic mass is 10.2. The molecule has 0 atom stereocenters. The van der Waals surface area contributed by atoms with Crippen LogP contribution in [0.3, 0.4) is 0 Å². The number of anilines is 2. The number of rotatable bonds is 5. The van der Waals surface area contributed by atoms with Crippen molar-refractivity contribution < 1.29 is 14.3 Å². The Morgan fingerprint density at radius 3 is 2.15 bits per heavy atom. The van der Waals surface area contributed by atoms with E-state index in [2.05, 4.69) is 5.32 Å². The summed E-state index contributed by atoms with van der Waals surface area (Å²) in [6, 6.07) is 11.3. The van der Waals surface area contributed by atoms with E-state index < -0.39 is 11.8 Å². The lowest BCUT2D eigenvalue weighted by Crippen LogP contribution is -2.32. The molecular weight excluding hydrogens is 399 g/mol. The molecule has 1 aliphatic heterocycles. The Kier molecular flexibility index (Phi) is 5.41. The Labute approximate surface area is 165 Å². The van der Waals surface area contributed by atoms with Crippen molar-refractivity contribution in [2.24, 2.45) is 0 Å². The van der Waals surface area contributed by atoms with Gasteiger partial charge in [0.15, 0.2) is 0 Å². The Morgan fingerprint density at radius 2 is 1.58 bits per heavy atom. The van der Waals surface area contributed by atoms with Gasteiger partial charge in [-0.05, 0) is 49.4 Å². The number of carbonyl (C=O) groups is 2. The first-order valence-electron chi connectivity index (χ1n) is 7.65. The highest BCUT2D eigenvalue weighted by Gasteiger charge is 2.39. The van der Waals surface area contributed by atoms with Gasteiger partial charge in [-0.2, -0.15) is 0 Å². The summed E-state index contributed by atoms with van der Waals surface area (Å²) in [6.07, 6.45) is 0. The van der Waals surface area contributed by atoms with Gasteiger partial charge in [0.2, 0.25) is 0 Å². The van der Waals surface area contributed by atoms with Gasteiger partial charge in [0, 0.05) is 15.7 Å². The van der Waals surface area contributed by atoms with Crippen molar-refractivity contribution in [1.29, 1.82) is 0 Å². The number of nitrogens with one attached hydrogen (secondary N) is 1. The van der Waals surface area contributed by atoms with E-state index >= 15 is 0 Å². The minimum Gasteiger partial charge on any atom is -0.494 e. The van der Waals surface area contributed by atoms with Gasteiger partial charge >= 0.3 is 0 Å². The Bertz CT molecular complexity index is 890. The summed E-state index contributed by atoms with van der Waals surface area (Å²) in [6.45, 7) is 2.38. The molecule has 0 saturated carbocycles. The third-order valence-electron chi connectivity index (χ3n) is 3.57. The zero-order valence-electron chi connectivity index (χ0n) is 13.6. The van der Waals surface area contributed by atoms with Gasteiger partial charge in [-0.25, -0.2) is 4.90 Å². The largest absolute Gasteiger partial charge is 0.494 e. The van der Waals surface area contributed by atoms with E-state index in [0.29, 0.717) is 33.8 Å². The quantitative estimate of drug-likeness (QED) is 0.716. The molecule has 0 bridgehead atoms. The minimum absolute atomic E-state index is 0.0381. The first-order chi connectivity index (χ1) is 12.4. The average molecular weight is 412 g/mol. The van der Waals surface area contributed by atoms with Gasteiger partial charge in [0.1, 0.15) is 16.5 Å². The van der Waals surface area contributed by atoms with Crippen molar-refractivity contribution in [2.45, 2.75) is 6.92 Å². The number of carbonyl (C=O) groups excluding carboxylic acids is 2. The van der Waals surface area contributed by atoms with Gasteiger partial charge in [0.05, 0.1) is 12.3 Å². The number of nitrogens with zero attached hydrogens (tertiary/aromatic N) is 1. The van der Waals surface area contributed by atoms with E-state index in [1.807, 2.05) is 6.92 Å². The second-order valence-electron chi connectivity index (χ2n) is 5.34. The van der Waals surface area contributed by atoms with Gasteiger partial charge < -0.3 is 10.1 Å². The highest BCUT2D eigenvalue weighted by molar-refractivity contribution is 6.53. The standard InChI is InChI=1S/C18H13Cl3N2O3/c1-2-26-14-5-3-13(4-6-14)23-17(24)15(21)16(18(23)25)22-12-8-10(19)7-11(20)9-12/h3-9,22H,2H2,1H3. The molecule has 26 heavy (non-hydrogen) atoms. The summed E-state index contributed by atoms with van der Waals surface area (Å²) in [5, 5.41) is 3.39. The van der Waals surface area contributed by atoms with Crippen molar-refractivity contribution in [2.75, 3.05) is 16.8 Å². The van der Waals surface area contributed by atoms with Crippen LogP contribution in [0.5, 0.6) is 5.75 Å². The fourth-order valence-electron chi connectivity index (χ4n) is 2.47. The van der Waals surface area contributed by atoms with Gasteiger partial charge in [-0.1, -0.05) is 34.8 Å². The molecule has 1 heterocycles. The molecule has 0 aromatic heterocycles. The maximum Gasteiger partial charge on any atom is 0.283 e. The topological polar surface area (TPSA) is 58.6 Å². The van der Waals surface area contributed by atoms with Crippen molar-refractivity contribution in [1.82, 2.24) is 0 Å². The molecule has 0 radical (unpaired) electrons. The Balaban J connectivity index is 1.87.